The van der Waals surface area contributed by atoms with Gasteiger partial charge in [0.05, 0.1) is 12.3 Å². The molecule has 3 nitrogen and oxygen atoms in total. The van der Waals surface area contributed by atoms with E-state index >= 15 is 0 Å². The number of hydrogen-bond donors (Lipinski definition) is 1. The van der Waals surface area contributed by atoms with E-state index in [1.807, 2.05) is 0 Å². The first-order valence-corrected chi connectivity index (χ1v) is 3.42. The summed E-state index contributed by atoms with van der Waals surface area (Å²) in [5.74, 6) is 0.316. The van der Waals surface area contributed by atoms with Crippen LogP contribution in [0.4, 0.5) is 0 Å². The quantitative estimate of drug-likeness (QED) is 0.707. The second-order valence-electron chi connectivity index (χ2n) is 2.21. The van der Waals surface area contributed by atoms with Crippen molar-refractivity contribution >= 4 is 0 Å². The van der Waals surface area contributed by atoms with E-state index in [0.29, 0.717) is 12.2 Å². The van der Waals surface area contributed by atoms with Crippen LogP contribution >= 0.6 is 0 Å². The van der Waals surface area contributed by atoms with E-state index in [9.17, 15) is 0 Å². The van der Waals surface area contributed by atoms with E-state index in [-0.39, 0.29) is 12.5 Å². The van der Waals surface area contributed by atoms with Crippen LogP contribution in [0.15, 0.2) is 22.8 Å². The van der Waals surface area contributed by atoms with Gasteiger partial charge < -0.3 is 9.52 Å². The first-order chi connectivity index (χ1) is 5.38. The van der Waals surface area contributed by atoms with Gasteiger partial charge in [-0.2, -0.15) is 5.26 Å². The molecule has 0 fully saturated rings. The van der Waals surface area contributed by atoms with Gasteiger partial charge >= 0.3 is 0 Å². The number of nitrogens with zero attached hydrogens (tertiary/aromatic N) is 1. The monoisotopic (exact) mass is 151 g/mol. The Labute approximate surface area is 64.9 Å². The molecule has 0 bridgehead atoms. The molecule has 58 valence electrons. The normalized spacial score (nSPS) is 12.4. The molecule has 1 unspecified atom stereocenters. The summed E-state index contributed by atoms with van der Waals surface area (Å²) in [6, 6.07) is 5.52. The second-order valence-corrected chi connectivity index (χ2v) is 2.21. The summed E-state index contributed by atoms with van der Waals surface area (Å²) in [5.41, 5.74) is 0. The molecule has 11 heavy (non-hydrogen) atoms. The molecule has 1 heterocycles. The number of nitriles is 1. The molecule has 1 N–H and O–H groups in total. The van der Waals surface area contributed by atoms with Gasteiger partial charge in [-0.05, 0) is 18.6 Å². The lowest BCUT2D eigenvalue weighted by Gasteiger charge is -2.00. The summed E-state index contributed by atoms with van der Waals surface area (Å²) in [5, 5.41) is 17.2. The van der Waals surface area contributed by atoms with E-state index < -0.39 is 0 Å². The molecule has 3 heteroatoms. The van der Waals surface area contributed by atoms with Crippen LogP contribution in [-0.2, 0) is 0 Å². The number of rotatable bonds is 3. The van der Waals surface area contributed by atoms with Gasteiger partial charge in [0.1, 0.15) is 11.7 Å². The maximum absolute atomic E-state index is 8.61. The van der Waals surface area contributed by atoms with E-state index in [0.717, 1.165) is 0 Å². The molecule has 0 aliphatic heterocycles. The fraction of sp³-hybridized carbons (Fsp3) is 0.375. The number of aliphatic hydroxyl groups excluding tert-OH is 1. The lowest BCUT2D eigenvalue weighted by Crippen LogP contribution is -1.96. The predicted molar refractivity (Wildman–Crippen MR) is 38.8 cm³/mol. The molecule has 1 atom stereocenters. The van der Waals surface area contributed by atoms with E-state index in [1.54, 1.807) is 12.1 Å². The molecule has 0 aromatic carbocycles. The molecule has 1 rings (SSSR count). The van der Waals surface area contributed by atoms with Crippen molar-refractivity contribution < 1.29 is 9.52 Å². The molecule has 0 spiro atoms. The molecule has 0 aliphatic rings. The zero-order valence-corrected chi connectivity index (χ0v) is 6.03. The Morgan fingerprint density at radius 2 is 2.55 bits per heavy atom. The second kappa shape index (κ2) is 3.79. The SMILES string of the molecule is N#CC(CCO)c1ccco1. The molecular weight excluding hydrogens is 142 g/mol. The van der Waals surface area contributed by atoms with E-state index in [1.165, 1.54) is 6.26 Å². The maximum atomic E-state index is 8.61. The standard InChI is InChI=1S/C8H9NO2/c9-6-7(3-4-10)8-2-1-5-11-8/h1-2,5,7,10H,3-4H2. The van der Waals surface area contributed by atoms with Crippen molar-refractivity contribution in [2.75, 3.05) is 6.61 Å². The minimum Gasteiger partial charge on any atom is -0.468 e. The van der Waals surface area contributed by atoms with Crippen LogP contribution in [0.1, 0.15) is 18.1 Å². The molecule has 0 saturated carbocycles. The van der Waals surface area contributed by atoms with Crippen LogP contribution in [-0.4, -0.2) is 11.7 Å². The topological polar surface area (TPSA) is 57.2 Å². The van der Waals surface area contributed by atoms with Gasteiger partial charge in [0.25, 0.3) is 0 Å². The Hall–Kier alpha value is -1.27. The molecule has 0 amide bonds. The Balaban J connectivity index is 2.65. The van der Waals surface area contributed by atoms with Crippen molar-refractivity contribution in [2.45, 2.75) is 12.3 Å². The van der Waals surface area contributed by atoms with Crippen LogP contribution in [0.3, 0.4) is 0 Å². The first-order valence-electron chi connectivity index (χ1n) is 3.42. The van der Waals surface area contributed by atoms with E-state index in [2.05, 4.69) is 6.07 Å². The van der Waals surface area contributed by atoms with Crippen LogP contribution in [0, 0.1) is 11.3 Å². The van der Waals surface area contributed by atoms with Crippen molar-refractivity contribution in [3.05, 3.63) is 24.2 Å². The average Bonchev–Trinajstić information content (AvgIpc) is 2.52. The highest BCUT2D eigenvalue weighted by atomic mass is 16.3. The highest BCUT2D eigenvalue weighted by molar-refractivity contribution is 5.13. The smallest absolute Gasteiger partial charge is 0.121 e. The highest BCUT2D eigenvalue weighted by Crippen LogP contribution is 2.18. The summed E-state index contributed by atoms with van der Waals surface area (Å²) in [6.07, 6.45) is 1.96. The summed E-state index contributed by atoms with van der Waals surface area (Å²) in [7, 11) is 0. The van der Waals surface area contributed by atoms with Crippen LogP contribution < -0.4 is 0 Å². The molecular formula is C8H9NO2. The molecule has 0 saturated heterocycles. The number of hydrogen-bond acceptors (Lipinski definition) is 3. The predicted octanol–water partition coefficient (Wildman–Crippen LogP) is 1.27. The van der Waals surface area contributed by atoms with Gasteiger partial charge in [0.15, 0.2) is 0 Å². The zero-order chi connectivity index (χ0) is 8.10. The fourth-order valence-corrected chi connectivity index (χ4v) is 0.889. The Morgan fingerprint density at radius 1 is 1.73 bits per heavy atom. The van der Waals surface area contributed by atoms with Gasteiger partial charge in [-0.1, -0.05) is 0 Å². The largest absolute Gasteiger partial charge is 0.468 e. The van der Waals surface area contributed by atoms with Gasteiger partial charge in [-0.3, -0.25) is 0 Å². The number of furan rings is 1. The molecule has 1 aromatic rings. The summed E-state index contributed by atoms with van der Waals surface area (Å²) >= 11 is 0. The van der Waals surface area contributed by atoms with Crippen molar-refractivity contribution in [3.63, 3.8) is 0 Å². The van der Waals surface area contributed by atoms with Gasteiger partial charge in [-0.15, -0.1) is 0 Å². The van der Waals surface area contributed by atoms with Crippen molar-refractivity contribution in [1.29, 1.82) is 5.26 Å². The Bertz CT molecular complexity index is 235. The Kier molecular flexibility index (Phi) is 2.70. The van der Waals surface area contributed by atoms with Crippen molar-refractivity contribution in [2.24, 2.45) is 0 Å². The van der Waals surface area contributed by atoms with Crippen molar-refractivity contribution in [3.8, 4) is 6.07 Å². The van der Waals surface area contributed by atoms with Crippen LogP contribution in [0.5, 0.6) is 0 Å². The summed E-state index contributed by atoms with van der Waals surface area (Å²) < 4.78 is 5.01. The summed E-state index contributed by atoms with van der Waals surface area (Å²) in [4.78, 5) is 0. The molecule has 0 radical (unpaired) electrons. The Morgan fingerprint density at radius 3 is 3.00 bits per heavy atom. The third kappa shape index (κ3) is 1.82. The van der Waals surface area contributed by atoms with Crippen LogP contribution in [0.2, 0.25) is 0 Å². The first kappa shape index (κ1) is 7.83. The number of aliphatic hydroxyl groups is 1. The molecule has 1 aromatic heterocycles. The van der Waals surface area contributed by atoms with Gasteiger partial charge in [0.2, 0.25) is 0 Å². The minimum absolute atomic E-state index is 0.0128. The third-order valence-corrected chi connectivity index (χ3v) is 1.46. The maximum Gasteiger partial charge on any atom is 0.121 e. The van der Waals surface area contributed by atoms with Crippen molar-refractivity contribution in [1.82, 2.24) is 0 Å². The highest BCUT2D eigenvalue weighted by Gasteiger charge is 2.11. The van der Waals surface area contributed by atoms with Crippen LogP contribution in [0.25, 0.3) is 0 Å². The summed E-state index contributed by atoms with van der Waals surface area (Å²) in [6.45, 7) is 0.0128. The van der Waals surface area contributed by atoms with Gasteiger partial charge in [-0.25, -0.2) is 0 Å². The zero-order valence-electron chi connectivity index (χ0n) is 6.03. The molecule has 0 aliphatic carbocycles. The minimum atomic E-state index is -0.310. The third-order valence-electron chi connectivity index (χ3n) is 1.46. The van der Waals surface area contributed by atoms with Gasteiger partial charge in [0, 0.05) is 6.61 Å². The van der Waals surface area contributed by atoms with E-state index in [4.69, 9.17) is 14.8 Å². The lowest BCUT2D eigenvalue weighted by atomic mass is 10.1. The average molecular weight is 151 g/mol. The fourth-order valence-electron chi connectivity index (χ4n) is 0.889. The lowest BCUT2D eigenvalue weighted by molar-refractivity contribution is 0.278.